The van der Waals surface area contributed by atoms with E-state index in [1.165, 1.54) is 22.1 Å². The van der Waals surface area contributed by atoms with Crippen LogP contribution < -0.4 is 4.74 Å². The van der Waals surface area contributed by atoms with Crippen LogP contribution in [-0.2, 0) is 4.79 Å². The maximum Gasteiger partial charge on any atom is 0.254 e. The van der Waals surface area contributed by atoms with Gasteiger partial charge in [-0.2, -0.15) is 0 Å². The topological polar surface area (TPSA) is 63.0 Å². The normalized spacial score (nSPS) is 17.4. The van der Waals surface area contributed by atoms with Gasteiger partial charge in [0.2, 0.25) is 5.91 Å². The molecule has 190 valence electrons. The molecule has 2 aromatic carbocycles. The van der Waals surface area contributed by atoms with Gasteiger partial charge in [-0.25, -0.2) is 0 Å². The van der Waals surface area contributed by atoms with Crippen molar-refractivity contribution in [2.75, 3.05) is 26.7 Å². The second-order valence-corrected chi connectivity index (χ2v) is 9.46. The SMILES string of the molecule is CCC1=C(CC)CN(C(=O)[C@@H]2CCCN2C(=O)c2cccc(OC)c2)C1.Cc1ccc2occc2c1. The van der Waals surface area contributed by atoms with Crippen molar-refractivity contribution < 1.29 is 18.7 Å². The number of ether oxygens (including phenoxy) is 1. The Hall–Kier alpha value is -3.54. The molecule has 0 radical (unpaired) electrons. The molecule has 0 saturated carbocycles. The summed E-state index contributed by atoms with van der Waals surface area (Å²) in [5, 5.41) is 1.18. The number of carbonyl (C=O) groups excluding carboxylic acids is 2. The third-order valence-electron chi connectivity index (χ3n) is 7.15. The van der Waals surface area contributed by atoms with Gasteiger partial charge in [0.05, 0.1) is 13.4 Å². The van der Waals surface area contributed by atoms with Gasteiger partial charge in [0.15, 0.2) is 0 Å². The summed E-state index contributed by atoms with van der Waals surface area (Å²) < 4.78 is 10.4. The van der Waals surface area contributed by atoms with E-state index in [1.54, 1.807) is 30.4 Å². The summed E-state index contributed by atoms with van der Waals surface area (Å²) in [5.41, 5.74) is 5.57. The van der Waals surface area contributed by atoms with Gasteiger partial charge in [-0.15, -0.1) is 0 Å². The van der Waals surface area contributed by atoms with Crippen LogP contribution in [0, 0.1) is 6.92 Å². The van der Waals surface area contributed by atoms with E-state index in [9.17, 15) is 9.59 Å². The first-order valence-corrected chi connectivity index (χ1v) is 12.8. The van der Waals surface area contributed by atoms with Crippen LogP contribution in [0.4, 0.5) is 0 Å². The van der Waals surface area contributed by atoms with E-state index < -0.39 is 0 Å². The zero-order chi connectivity index (χ0) is 25.7. The lowest BCUT2D eigenvalue weighted by atomic mass is 10.1. The third kappa shape index (κ3) is 5.48. The monoisotopic (exact) mass is 488 g/mol. The highest BCUT2D eigenvalue weighted by Crippen LogP contribution is 2.28. The molecule has 6 nitrogen and oxygen atoms in total. The van der Waals surface area contributed by atoms with Crippen LogP contribution in [0.15, 0.2) is 70.4 Å². The molecule has 36 heavy (non-hydrogen) atoms. The van der Waals surface area contributed by atoms with E-state index in [1.807, 2.05) is 35.2 Å². The minimum Gasteiger partial charge on any atom is -0.497 e. The lowest BCUT2D eigenvalue weighted by molar-refractivity contribution is -0.134. The molecule has 2 aliphatic heterocycles. The molecular weight excluding hydrogens is 452 g/mol. The number of amides is 2. The van der Waals surface area contributed by atoms with Gasteiger partial charge < -0.3 is 19.0 Å². The number of aryl methyl sites for hydroxylation is 1. The molecule has 0 aliphatic carbocycles. The zero-order valence-corrected chi connectivity index (χ0v) is 21.8. The van der Waals surface area contributed by atoms with Crippen molar-refractivity contribution in [1.82, 2.24) is 9.80 Å². The number of likely N-dealkylation sites (tertiary alicyclic amines) is 1. The first-order chi connectivity index (χ1) is 17.4. The summed E-state index contributed by atoms with van der Waals surface area (Å²) in [4.78, 5) is 29.8. The van der Waals surface area contributed by atoms with Crippen LogP contribution in [0.1, 0.15) is 55.5 Å². The van der Waals surface area contributed by atoms with Crippen LogP contribution in [0.2, 0.25) is 0 Å². The summed E-state index contributed by atoms with van der Waals surface area (Å²) in [5.74, 6) is 0.660. The Kier molecular flexibility index (Phi) is 8.14. The van der Waals surface area contributed by atoms with Gasteiger partial charge in [0.1, 0.15) is 17.4 Å². The molecule has 0 unspecified atom stereocenters. The van der Waals surface area contributed by atoms with Gasteiger partial charge in [-0.3, -0.25) is 9.59 Å². The van der Waals surface area contributed by atoms with Crippen LogP contribution in [-0.4, -0.2) is 54.4 Å². The summed E-state index contributed by atoms with van der Waals surface area (Å²) >= 11 is 0. The molecule has 1 fully saturated rings. The van der Waals surface area contributed by atoms with Crippen molar-refractivity contribution in [2.24, 2.45) is 0 Å². The van der Waals surface area contributed by atoms with Crippen molar-refractivity contribution in [3.63, 3.8) is 0 Å². The number of carbonyl (C=O) groups is 2. The minimum atomic E-state index is -0.344. The molecule has 5 rings (SSSR count). The number of furan rings is 1. The van der Waals surface area contributed by atoms with Crippen molar-refractivity contribution in [3.05, 3.63) is 77.1 Å². The van der Waals surface area contributed by atoms with Gasteiger partial charge in [-0.1, -0.05) is 42.7 Å². The smallest absolute Gasteiger partial charge is 0.254 e. The van der Waals surface area contributed by atoms with Crippen molar-refractivity contribution in [3.8, 4) is 5.75 Å². The number of hydrogen-bond acceptors (Lipinski definition) is 4. The molecule has 0 N–H and O–H groups in total. The fourth-order valence-electron chi connectivity index (χ4n) is 5.11. The summed E-state index contributed by atoms with van der Waals surface area (Å²) in [6.07, 6.45) is 5.31. The predicted molar refractivity (Wildman–Crippen MR) is 142 cm³/mol. The molecule has 2 aliphatic rings. The molecule has 2 amide bonds. The fraction of sp³-hybridized carbons (Fsp3) is 0.400. The Morgan fingerprint density at radius 1 is 1.03 bits per heavy atom. The molecule has 1 aromatic heterocycles. The molecular formula is C30H36N2O4. The van der Waals surface area contributed by atoms with E-state index in [0.29, 0.717) is 17.9 Å². The van der Waals surface area contributed by atoms with Crippen molar-refractivity contribution >= 4 is 22.8 Å². The van der Waals surface area contributed by atoms with Gasteiger partial charge >= 0.3 is 0 Å². The Labute approximate surface area is 213 Å². The maximum absolute atomic E-state index is 13.1. The number of fused-ring (bicyclic) bond motifs is 1. The molecule has 0 spiro atoms. The number of benzene rings is 2. The van der Waals surface area contributed by atoms with Crippen LogP contribution in [0.5, 0.6) is 5.75 Å². The molecule has 3 aromatic rings. The fourth-order valence-corrected chi connectivity index (χ4v) is 5.11. The Morgan fingerprint density at radius 2 is 1.78 bits per heavy atom. The van der Waals surface area contributed by atoms with Gasteiger partial charge in [-0.05, 0) is 69.0 Å². The van der Waals surface area contributed by atoms with Gasteiger partial charge in [0.25, 0.3) is 5.91 Å². The van der Waals surface area contributed by atoms with Gasteiger partial charge in [0, 0.05) is 30.6 Å². The predicted octanol–water partition coefficient (Wildman–Crippen LogP) is 6.00. The highest BCUT2D eigenvalue weighted by atomic mass is 16.5. The van der Waals surface area contributed by atoms with E-state index in [-0.39, 0.29) is 17.9 Å². The molecule has 3 heterocycles. The standard InChI is InChI=1S/C21H28N2O3.C9H8O/c1-4-15-13-22(14-16(15)5-2)21(25)19-10-7-11-23(19)20(24)17-8-6-9-18(12-17)26-3;1-7-2-3-9-8(6-7)4-5-10-9/h6,8-9,12,19H,4-5,7,10-11,13-14H2,1-3H3;2-6H,1H3/t19-;/m0./s1. The van der Waals surface area contributed by atoms with E-state index in [2.05, 4.69) is 26.8 Å². The Bertz CT molecular complexity index is 1240. The van der Waals surface area contributed by atoms with Crippen molar-refractivity contribution in [1.29, 1.82) is 0 Å². The summed E-state index contributed by atoms with van der Waals surface area (Å²) in [6, 6.07) is 14.9. The minimum absolute atomic E-state index is 0.0849. The number of rotatable bonds is 5. The van der Waals surface area contributed by atoms with E-state index in [4.69, 9.17) is 9.15 Å². The molecule has 1 atom stereocenters. The van der Waals surface area contributed by atoms with Crippen LogP contribution >= 0.6 is 0 Å². The lowest BCUT2D eigenvalue weighted by Crippen LogP contribution is -2.47. The first kappa shape index (κ1) is 25.5. The van der Waals surface area contributed by atoms with Crippen LogP contribution in [0.25, 0.3) is 11.0 Å². The van der Waals surface area contributed by atoms with Crippen molar-refractivity contribution in [2.45, 2.75) is 52.5 Å². The zero-order valence-electron chi connectivity index (χ0n) is 21.8. The Morgan fingerprint density at radius 3 is 2.47 bits per heavy atom. The summed E-state index contributed by atoms with van der Waals surface area (Å²) in [7, 11) is 1.59. The number of nitrogens with zero attached hydrogens (tertiary/aromatic N) is 2. The molecule has 6 heteroatoms. The largest absolute Gasteiger partial charge is 0.497 e. The number of hydrogen-bond donors (Lipinski definition) is 0. The lowest BCUT2D eigenvalue weighted by Gasteiger charge is -2.28. The summed E-state index contributed by atoms with van der Waals surface area (Å²) in [6.45, 7) is 8.44. The molecule has 1 saturated heterocycles. The highest BCUT2D eigenvalue weighted by molar-refractivity contribution is 5.98. The molecule has 0 bridgehead atoms. The Balaban J connectivity index is 0.000000251. The van der Waals surface area contributed by atoms with Crippen LogP contribution in [0.3, 0.4) is 0 Å². The average molecular weight is 489 g/mol. The quantitative estimate of drug-likeness (QED) is 0.413. The number of methoxy groups -OCH3 is 1. The first-order valence-electron chi connectivity index (χ1n) is 12.8. The second-order valence-electron chi connectivity index (χ2n) is 9.46. The third-order valence-corrected chi connectivity index (χ3v) is 7.15. The second kappa shape index (κ2) is 11.5. The highest BCUT2D eigenvalue weighted by Gasteiger charge is 2.38. The van der Waals surface area contributed by atoms with E-state index in [0.717, 1.165) is 44.4 Å². The van der Waals surface area contributed by atoms with E-state index >= 15 is 0 Å². The maximum atomic E-state index is 13.1. The average Bonchev–Trinajstić information content (AvgIpc) is 3.67.